The number of aldehydes is 1. The molecule has 0 aromatic heterocycles. The van der Waals surface area contributed by atoms with Crippen molar-refractivity contribution in [3.63, 3.8) is 0 Å². The van der Waals surface area contributed by atoms with Crippen molar-refractivity contribution in [2.24, 2.45) is 0 Å². The second kappa shape index (κ2) is 8.99. The molecule has 0 aliphatic heterocycles. The molecule has 0 aromatic rings. The van der Waals surface area contributed by atoms with E-state index in [1.54, 1.807) is 0 Å². The molecular weight excluding hydrogens is 84.1 g/mol. The van der Waals surface area contributed by atoms with Crippen molar-refractivity contribution < 1.29 is 4.79 Å². The maximum atomic E-state index is 9.17. The second-order valence-corrected chi connectivity index (χ2v) is 0.575. The summed E-state index contributed by atoms with van der Waals surface area (Å²) < 4.78 is 0. The summed E-state index contributed by atoms with van der Waals surface area (Å²) in [5.41, 5.74) is 0. The molecule has 0 aromatic carbocycles. The van der Waals surface area contributed by atoms with Crippen LogP contribution in [0.5, 0.6) is 0 Å². The minimum Gasteiger partial charge on any atom is -0.303 e. The number of hydrogen-bond donors (Lipinski definition) is 0. The van der Waals surface area contributed by atoms with Gasteiger partial charge in [0.15, 0.2) is 0 Å². The fourth-order valence-corrected chi connectivity index (χ4v) is 0. The first-order valence-corrected chi connectivity index (χ1v) is 1.35. The van der Waals surface area contributed by atoms with E-state index >= 15 is 0 Å². The van der Waals surface area contributed by atoms with Crippen LogP contribution in [0.25, 0.3) is 0 Å². The highest BCUT2D eigenvalue weighted by atomic mass is 32.1. The molecule has 32 valence electrons. The lowest BCUT2D eigenvalue weighted by Gasteiger charge is -1.51. The fraction of sp³-hybridized carbons (Fsp3) is 0.667. The Labute approximate surface area is 38.8 Å². The fourth-order valence-electron chi connectivity index (χ4n) is 0. The van der Waals surface area contributed by atoms with Gasteiger partial charge in [-0.05, 0) is 0 Å². The molecule has 0 aliphatic carbocycles. The van der Waals surface area contributed by atoms with Crippen LogP contribution < -0.4 is 0 Å². The van der Waals surface area contributed by atoms with Gasteiger partial charge in [-0.25, -0.2) is 0 Å². The lowest BCUT2D eigenvalue weighted by Crippen LogP contribution is -1.55. The van der Waals surface area contributed by atoms with E-state index in [1.807, 2.05) is 6.92 Å². The first-order valence-electron chi connectivity index (χ1n) is 1.35. The third kappa shape index (κ3) is 15.8. The third-order valence-electron chi connectivity index (χ3n) is 0.167. The van der Waals surface area contributed by atoms with Crippen LogP contribution in [-0.4, -0.2) is 6.29 Å². The van der Waals surface area contributed by atoms with Crippen molar-refractivity contribution in [2.75, 3.05) is 0 Å². The standard InChI is InChI=1S/C3H6O.H2S/c1-2-3-4;/h3H,2H2,1H3;1H2. The highest BCUT2D eigenvalue weighted by molar-refractivity contribution is 7.59. The summed E-state index contributed by atoms with van der Waals surface area (Å²) in [6, 6.07) is 0. The van der Waals surface area contributed by atoms with Gasteiger partial charge in [0.1, 0.15) is 6.29 Å². The molecule has 2 heteroatoms. The van der Waals surface area contributed by atoms with Crippen LogP contribution in [-0.2, 0) is 4.79 Å². The van der Waals surface area contributed by atoms with E-state index in [9.17, 15) is 4.79 Å². The van der Waals surface area contributed by atoms with E-state index in [2.05, 4.69) is 0 Å². The van der Waals surface area contributed by atoms with Gasteiger partial charge in [-0.2, -0.15) is 13.5 Å². The Morgan fingerprint density at radius 3 is 2.00 bits per heavy atom. The zero-order valence-corrected chi connectivity index (χ0v) is 4.19. The van der Waals surface area contributed by atoms with E-state index in [0.717, 1.165) is 6.29 Å². The Bertz CT molecular complexity index is 20.9. The van der Waals surface area contributed by atoms with Crippen molar-refractivity contribution in [1.29, 1.82) is 0 Å². The quantitative estimate of drug-likeness (QED) is 0.435. The van der Waals surface area contributed by atoms with Gasteiger partial charge in [0.25, 0.3) is 0 Å². The van der Waals surface area contributed by atoms with Gasteiger partial charge in [0.2, 0.25) is 0 Å². The van der Waals surface area contributed by atoms with Crippen LogP contribution in [0.3, 0.4) is 0 Å². The zero-order chi connectivity index (χ0) is 3.41. The molecule has 1 nitrogen and oxygen atoms in total. The van der Waals surface area contributed by atoms with Gasteiger partial charge >= 0.3 is 0 Å². The minimum absolute atomic E-state index is 0. The van der Waals surface area contributed by atoms with Gasteiger partial charge in [-0.1, -0.05) is 6.92 Å². The van der Waals surface area contributed by atoms with Crippen molar-refractivity contribution in [1.82, 2.24) is 0 Å². The number of rotatable bonds is 1. The molecule has 0 bridgehead atoms. The van der Waals surface area contributed by atoms with Crippen molar-refractivity contribution in [3.8, 4) is 0 Å². The maximum absolute atomic E-state index is 9.17. The van der Waals surface area contributed by atoms with Gasteiger partial charge in [-0.3, -0.25) is 0 Å². The molecule has 0 aliphatic rings. The molecule has 0 radical (unpaired) electrons. The van der Waals surface area contributed by atoms with E-state index in [0.29, 0.717) is 6.42 Å². The molecule has 0 unspecified atom stereocenters. The maximum Gasteiger partial charge on any atom is 0.119 e. The van der Waals surface area contributed by atoms with E-state index in [4.69, 9.17) is 0 Å². The Kier molecular flexibility index (Phi) is 16.0. The highest BCUT2D eigenvalue weighted by Gasteiger charge is 1.52. The lowest BCUT2D eigenvalue weighted by atomic mass is 10.6. The van der Waals surface area contributed by atoms with E-state index in [1.165, 1.54) is 0 Å². The molecule has 0 atom stereocenters. The first-order chi connectivity index (χ1) is 1.91. The summed E-state index contributed by atoms with van der Waals surface area (Å²) >= 11 is 0. The number of carbonyl (C=O) groups is 1. The monoisotopic (exact) mass is 92.0 g/mol. The molecule has 5 heavy (non-hydrogen) atoms. The lowest BCUT2D eigenvalue weighted by molar-refractivity contribution is -0.107. The molecule has 0 rings (SSSR count). The van der Waals surface area contributed by atoms with Crippen molar-refractivity contribution in [2.45, 2.75) is 13.3 Å². The SMILES string of the molecule is CCC=O.S. The summed E-state index contributed by atoms with van der Waals surface area (Å²) in [7, 11) is 0. The summed E-state index contributed by atoms with van der Waals surface area (Å²) in [5.74, 6) is 0. The second-order valence-electron chi connectivity index (χ2n) is 0.575. The summed E-state index contributed by atoms with van der Waals surface area (Å²) in [6.45, 7) is 1.81. The Balaban J connectivity index is 0. The predicted octanol–water partition coefficient (Wildman–Crippen LogP) is 0.708. The molecular formula is C3H8OS. The van der Waals surface area contributed by atoms with Crippen LogP contribution in [0.15, 0.2) is 0 Å². The summed E-state index contributed by atoms with van der Waals surface area (Å²) in [4.78, 5) is 9.17. The number of carbonyl (C=O) groups excluding carboxylic acids is 1. The Hall–Kier alpha value is 0.0200. The normalized spacial score (nSPS) is 5.00. The van der Waals surface area contributed by atoms with Crippen LogP contribution in [0.4, 0.5) is 0 Å². The van der Waals surface area contributed by atoms with Gasteiger partial charge in [0, 0.05) is 6.42 Å². The average Bonchev–Trinajstić information content (AvgIpc) is 1.37. The van der Waals surface area contributed by atoms with Crippen molar-refractivity contribution >= 4 is 19.8 Å². The molecule has 0 amide bonds. The molecule has 0 fully saturated rings. The third-order valence-corrected chi connectivity index (χ3v) is 0.167. The minimum atomic E-state index is 0. The summed E-state index contributed by atoms with van der Waals surface area (Å²) in [6.07, 6.45) is 1.51. The van der Waals surface area contributed by atoms with Crippen LogP contribution >= 0.6 is 13.5 Å². The van der Waals surface area contributed by atoms with Crippen molar-refractivity contribution in [3.05, 3.63) is 0 Å². The van der Waals surface area contributed by atoms with Gasteiger partial charge in [-0.15, -0.1) is 0 Å². The molecule has 0 saturated carbocycles. The first kappa shape index (κ1) is 8.89. The molecule has 0 heterocycles. The summed E-state index contributed by atoms with van der Waals surface area (Å²) in [5, 5.41) is 0. The average molecular weight is 92.2 g/mol. The van der Waals surface area contributed by atoms with E-state index < -0.39 is 0 Å². The predicted molar refractivity (Wildman–Crippen MR) is 26.7 cm³/mol. The zero-order valence-electron chi connectivity index (χ0n) is 3.19. The highest BCUT2D eigenvalue weighted by Crippen LogP contribution is 1.53. The Morgan fingerprint density at radius 2 is 2.00 bits per heavy atom. The molecule has 0 saturated heterocycles. The number of hydrogen-bond acceptors (Lipinski definition) is 1. The van der Waals surface area contributed by atoms with Crippen LogP contribution in [0, 0.1) is 0 Å². The van der Waals surface area contributed by atoms with Crippen LogP contribution in [0.2, 0.25) is 0 Å². The van der Waals surface area contributed by atoms with E-state index in [-0.39, 0.29) is 13.5 Å². The molecule has 0 N–H and O–H groups in total. The topological polar surface area (TPSA) is 17.1 Å². The van der Waals surface area contributed by atoms with Gasteiger partial charge in [0.05, 0.1) is 0 Å². The largest absolute Gasteiger partial charge is 0.303 e. The Morgan fingerprint density at radius 1 is 1.80 bits per heavy atom. The molecule has 0 spiro atoms. The van der Waals surface area contributed by atoms with Crippen LogP contribution in [0.1, 0.15) is 13.3 Å². The van der Waals surface area contributed by atoms with Gasteiger partial charge < -0.3 is 4.79 Å². The smallest absolute Gasteiger partial charge is 0.119 e.